The molecule has 0 radical (unpaired) electrons. The molecule has 0 saturated heterocycles. The first-order chi connectivity index (χ1) is 19.4. The molecule has 40 heavy (non-hydrogen) atoms. The van der Waals surface area contributed by atoms with Gasteiger partial charge in [0.25, 0.3) is 5.91 Å². The van der Waals surface area contributed by atoms with E-state index in [1.54, 1.807) is 84.9 Å². The summed E-state index contributed by atoms with van der Waals surface area (Å²) in [6.07, 6.45) is 1.48. The number of amides is 1. The first kappa shape index (κ1) is 28.5. The number of benzene rings is 4. The van der Waals surface area contributed by atoms with E-state index < -0.39 is 5.97 Å². The van der Waals surface area contributed by atoms with Crippen LogP contribution in [0.1, 0.15) is 31.8 Å². The second-order valence-electron chi connectivity index (χ2n) is 8.28. The van der Waals surface area contributed by atoms with Crippen molar-refractivity contribution in [1.82, 2.24) is 5.43 Å². The van der Waals surface area contributed by atoms with Crippen molar-refractivity contribution >= 4 is 41.3 Å². The average Bonchev–Trinajstić information content (AvgIpc) is 2.97. The van der Waals surface area contributed by atoms with Crippen molar-refractivity contribution in [2.75, 3.05) is 14.2 Å². The maximum absolute atomic E-state index is 12.5. The summed E-state index contributed by atoms with van der Waals surface area (Å²) in [6.45, 7) is 0.264. The summed E-state index contributed by atoms with van der Waals surface area (Å²) in [6, 6.07) is 23.2. The number of rotatable bonds is 10. The smallest absolute Gasteiger partial charge is 0.343 e. The quantitative estimate of drug-likeness (QED) is 0.0988. The molecule has 0 aliphatic carbocycles. The van der Waals surface area contributed by atoms with Gasteiger partial charge in [-0.25, -0.2) is 10.2 Å². The molecular formula is C30H24Cl2N2O6. The number of nitrogens with zero attached hydrogens (tertiary/aromatic N) is 1. The van der Waals surface area contributed by atoms with Crippen LogP contribution < -0.4 is 24.4 Å². The Hall–Kier alpha value is -4.53. The molecule has 4 aromatic rings. The van der Waals surface area contributed by atoms with Crippen molar-refractivity contribution in [3.8, 4) is 23.0 Å². The van der Waals surface area contributed by atoms with Gasteiger partial charge in [-0.15, -0.1) is 0 Å². The fourth-order valence-electron chi connectivity index (χ4n) is 3.48. The summed E-state index contributed by atoms with van der Waals surface area (Å²) in [7, 11) is 3.00. The summed E-state index contributed by atoms with van der Waals surface area (Å²) in [5, 5.41) is 5.06. The average molecular weight is 579 g/mol. The van der Waals surface area contributed by atoms with E-state index in [2.05, 4.69) is 10.5 Å². The van der Waals surface area contributed by atoms with Crippen LogP contribution in [0.5, 0.6) is 23.0 Å². The minimum atomic E-state index is -0.542. The number of hydrogen-bond acceptors (Lipinski definition) is 7. The standard InChI is InChI=1S/C30H24Cl2N2O6/c1-37-27-14-8-21(15-28(27)38-2)30(36)40-25-10-3-19(4-11-25)17-33-34-29(35)20-6-12-24(13-7-20)39-18-22-5-9-23(31)16-26(22)32/h3-17H,18H2,1-2H3,(H,34,35)/b33-17-. The molecule has 0 aliphatic heterocycles. The third kappa shape index (κ3) is 7.53. The number of carbonyl (C=O) groups is 2. The Kier molecular flexibility index (Phi) is 9.62. The van der Waals surface area contributed by atoms with Gasteiger partial charge in [-0.05, 0) is 84.4 Å². The number of carbonyl (C=O) groups excluding carboxylic acids is 2. The van der Waals surface area contributed by atoms with E-state index in [-0.39, 0.29) is 12.5 Å². The van der Waals surface area contributed by atoms with Gasteiger partial charge in [-0.1, -0.05) is 29.3 Å². The Bertz CT molecular complexity index is 1520. The van der Waals surface area contributed by atoms with Gasteiger partial charge >= 0.3 is 5.97 Å². The van der Waals surface area contributed by atoms with Crippen LogP contribution in [0.3, 0.4) is 0 Å². The largest absolute Gasteiger partial charge is 0.493 e. The van der Waals surface area contributed by atoms with E-state index in [1.807, 2.05) is 0 Å². The van der Waals surface area contributed by atoms with Crippen LogP contribution in [0.15, 0.2) is 90.0 Å². The van der Waals surface area contributed by atoms with E-state index in [1.165, 1.54) is 20.4 Å². The topological polar surface area (TPSA) is 95.5 Å². The third-order valence-electron chi connectivity index (χ3n) is 5.62. The van der Waals surface area contributed by atoms with Gasteiger partial charge in [0, 0.05) is 21.2 Å². The molecule has 0 fully saturated rings. The maximum atomic E-state index is 12.5. The van der Waals surface area contributed by atoms with Crippen molar-refractivity contribution in [2.24, 2.45) is 5.10 Å². The van der Waals surface area contributed by atoms with E-state index in [0.29, 0.717) is 49.7 Å². The van der Waals surface area contributed by atoms with Crippen molar-refractivity contribution < 1.29 is 28.5 Å². The summed E-state index contributed by atoms with van der Waals surface area (Å²) in [4.78, 5) is 24.9. The Morgan fingerprint density at radius 3 is 2.15 bits per heavy atom. The monoisotopic (exact) mass is 578 g/mol. The number of hydrogen-bond donors (Lipinski definition) is 1. The van der Waals surface area contributed by atoms with E-state index in [0.717, 1.165) is 5.56 Å². The molecule has 0 bridgehead atoms. The third-order valence-corrected chi connectivity index (χ3v) is 6.20. The molecule has 0 unspecified atom stereocenters. The van der Waals surface area contributed by atoms with Crippen LogP contribution in [0, 0.1) is 0 Å². The number of hydrazone groups is 1. The van der Waals surface area contributed by atoms with Crippen molar-refractivity contribution in [2.45, 2.75) is 6.61 Å². The highest BCUT2D eigenvalue weighted by Crippen LogP contribution is 2.28. The van der Waals surface area contributed by atoms with Gasteiger partial charge in [0.1, 0.15) is 18.1 Å². The highest BCUT2D eigenvalue weighted by atomic mass is 35.5. The zero-order chi connectivity index (χ0) is 28.5. The molecule has 0 spiro atoms. The second-order valence-corrected chi connectivity index (χ2v) is 9.12. The predicted molar refractivity (Wildman–Crippen MR) is 153 cm³/mol. The van der Waals surface area contributed by atoms with Crippen molar-refractivity contribution in [3.63, 3.8) is 0 Å². The van der Waals surface area contributed by atoms with Gasteiger partial charge < -0.3 is 18.9 Å². The first-order valence-corrected chi connectivity index (χ1v) is 12.7. The van der Waals surface area contributed by atoms with Crippen molar-refractivity contribution in [3.05, 3.63) is 117 Å². The highest BCUT2D eigenvalue weighted by molar-refractivity contribution is 6.35. The van der Waals surface area contributed by atoms with Crippen molar-refractivity contribution in [1.29, 1.82) is 0 Å². The summed E-state index contributed by atoms with van der Waals surface area (Å²) >= 11 is 12.1. The fourth-order valence-corrected chi connectivity index (χ4v) is 3.95. The molecule has 4 rings (SSSR count). The van der Waals surface area contributed by atoms with Crippen LogP contribution in [0.2, 0.25) is 10.0 Å². The molecule has 0 saturated carbocycles. The van der Waals surface area contributed by atoms with Gasteiger partial charge in [-0.3, -0.25) is 4.79 Å². The Labute approximate surface area is 241 Å². The van der Waals surface area contributed by atoms with Gasteiger partial charge in [0.05, 0.1) is 26.0 Å². The Morgan fingerprint density at radius 1 is 0.800 bits per heavy atom. The van der Waals surface area contributed by atoms with E-state index in [9.17, 15) is 9.59 Å². The lowest BCUT2D eigenvalue weighted by atomic mass is 10.2. The molecule has 0 aliphatic rings. The molecule has 0 aromatic heterocycles. The molecule has 10 heteroatoms. The molecule has 1 N–H and O–H groups in total. The summed E-state index contributed by atoms with van der Waals surface area (Å²) < 4.78 is 21.6. The summed E-state index contributed by atoms with van der Waals surface area (Å²) in [5.41, 5.74) is 4.69. The lowest BCUT2D eigenvalue weighted by Crippen LogP contribution is -2.17. The SMILES string of the molecule is COc1ccc(C(=O)Oc2ccc(/C=N\NC(=O)c3ccc(OCc4ccc(Cl)cc4Cl)cc3)cc2)cc1OC. The van der Waals surface area contributed by atoms with Gasteiger partial charge in [-0.2, -0.15) is 5.10 Å². The lowest BCUT2D eigenvalue weighted by molar-refractivity contribution is 0.0734. The Balaban J connectivity index is 1.27. The van der Waals surface area contributed by atoms with Crippen LogP contribution in [0.25, 0.3) is 0 Å². The zero-order valence-electron chi connectivity index (χ0n) is 21.5. The molecular weight excluding hydrogens is 555 g/mol. The van der Waals surface area contributed by atoms with Gasteiger partial charge in [0.2, 0.25) is 0 Å². The molecule has 4 aromatic carbocycles. The van der Waals surface area contributed by atoms with Crippen LogP contribution in [0.4, 0.5) is 0 Å². The lowest BCUT2D eigenvalue weighted by Gasteiger charge is -2.09. The fraction of sp³-hybridized carbons (Fsp3) is 0.100. The molecule has 8 nitrogen and oxygen atoms in total. The van der Waals surface area contributed by atoms with Crippen LogP contribution in [-0.2, 0) is 6.61 Å². The zero-order valence-corrected chi connectivity index (χ0v) is 23.0. The second kappa shape index (κ2) is 13.5. The van der Waals surface area contributed by atoms with Crippen LogP contribution in [-0.4, -0.2) is 32.3 Å². The normalized spacial score (nSPS) is 10.7. The molecule has 204 valence electrons. The highest BCUT2D eigenvalue weighted by Gasteiger charge is 2.13. The Morgan fingerprint density at radius 2 is 1.48 bits per heavy atom. The maximum Gasteiger partial charge on any atom is 0.343 e. The van der Waals surface area contributed by atoms with E-state index >= 15 is 0 Å². The minimum absolute atomic E-state index is 0.264. The minimum Gasteiger partial charge on any atom is -0.493 e. The van der Waals surface area contributed by atoms with E-state index in [4.69, 9.17) is 42.1 Å². The first-order valence-electron chi connectivity index (χ1n) is 11.9. The summed E-state index contributed by atoms with van der Waals surface area (Å²) in [5.74, 6) is 0.939. The molecule has 0 atom stereocenters. The number of nitrogens with one attached hydrogen (secondary N) is 1. The number of ether oxygens (including phenoxy) is 4. The number of methoxy groups -OCH3 is 2. The van der Waals surface area contributed by atoms with Crippen LogP contribution >= 0.6 is 23.2 Å². The van der Waals surface area contributed by atoms with Gasteiger partial charge in [0.15, 0.2) is 11.5 Å². The molecule has 1 amide bonds. The predicted octanol–water partition coefficient (Wildman–Crippen LogP) is 6.57. The number of halogens is 2. The number of esters is 1. The molecule has 0 heterocycles.